The van der Waals surface area contributed by atoms with Crippen molar-refractivity contribution in [2.45, 2.75) is 63.1 Å². The smallest absolute Gasteiger partial charge is 0.397 e. The largest absolute Gasteiger partial charge is 0.418 e. The molecule has 3 amide bonds. The lowest BCUT2D eigenvalue weighted by atomic mass is 9.92. The van der Waals surface area contributed by atoms with Crippen LogP contribution in [-0.2, 0) is 30.9 Å². The van der Waals surface area contributed by atoms with Crippen LogP contribution in [0.2, 0.25) is 5.02 Å². The molecule has 0 radical (unpaired) electrons. The van der Waals surface area contributed by atoms with Gasteiger partial charge in [-0.25, -0.2) is 14.8 Å². The van der Waals surface area contributed by atoms with E-state index in [0.29, 0.717) is 49.4 Å². The molecule has 4 aromatic rings. The van der Waals surface area contributed by atoms with Crippen LogP contribution in [0.3, 0.4) is 0 Å². The summed E-state index contributed by atoms with van der Waals surface area (Å²) in [5.74, 6) is 0.735. The molecule has 0 saturated carbocycles. The second-order valence-corrected chi connectivity index (χ2v) is 13.9. The number of rotatable bonds is 7. The third kappa shape index (κ3) is 6.79. The maximum atomic E-state index is 14.0. The van der Waals surface area contributed by atoms with Crippen molar-refractivity contribution in [3.05, 3.63) is 76.2 Å². The minimum absolute atomic E-state index is 0.0148. The predicted octanol–water partition coefficient (Wildman–Crippen LogP) is 6.62. The third-order valence-corrected chi connectivity index (χ3v) is 10.7. The molecule has 7 rings (SSSR count). The number of fused-ring (bicyclic) bond motifs is 2. The van der Waals surface area contributed by atoms with Crippen molar-refractivity contribution < 1.29 is 22.8 Å². The number of carbonyl (C=O) groups excluding carboxylic acids is 2. The van der Waals surface area contributed by atoms with Crippen LogP contribution >= 0.6 is 11.6 Å². The molecular formula is C36H40ClF3N8O2. The number of amides is 3. The molecule has 10 nitrogen and oxygen atoms in total. The summed E-state index contributed by atoms with van der Waals surface area (Å²) in [6, 6.07) is 12.1. The van der Waals surface area contributed by atoms with E-state index in [9.17, 15) is 22.8 Å². The van der Waals surface area contributed by atoms with Crippen LogP contribution in [0.25, 0.3) is 11.0 Å². The van der Waals surface area contributed by atoms with Gasteiger partial charge >= 0.3 is 12.2 Å². The van der Waals surface area contributed by atoms with Crippen LogP contribution in [0.1, 0.15) is 60.5 Å². The van der Waals surface area contributed by atoms with E-state index in [0.717, 1.165) is 61.0 Å². The van der Waals surface area contributed by atoms with Gasteiger partial charge in [0.15, 0.2) is 0 Å². The number of pyridine rings is 1. The number of nitrogens with one attached hydrogen (secondary N) is 1. The first-order chi connectivity index (χ1) is 24.0. The van der Waals surface area contributed by atoms with E-state index >= 15 is 0 Å². The highest BCUT2D eigenvalue weighted by atomic mass is 35.5. The molecule has 1 atom stereocenters. The summed E-state index contributed by atoms with van der Waals surface area (Å²) in [6.07, 6.45) is 1.33. The van der Waals surface area contributed by atoms with E-state index in [-0.39, 0.29) is 35.8 Å². The number of nitrogens with two attached hydrogens (primary N) is 1. The molecule has 264 valence electrons. The Balaban J connectivity index is 1.12. The Labute approximate surface area is 293 Å². The fraction of sp³-hybridized carbons (Fsp3) is 0.444. The van der Waals surface area contributed by atoms with Gasteiger partial charge in [0.2, 0.25) is 5.91 Å². The van der Waals surface area contributed by atoms with Crippen molar-refractivity contribution in [3.8, 4) is 0 Å². The molecule has 0 spiro atoms. The van der Waals surface area contributed by atoms with Gasteiger partial charge in [0, 0.05) is 69.9 Å². The van der Waals surface area contributed by atoms with Gasteiger partial charge in [-0.3, -0.25) is 4.79 Å². The number of aromatic nitrogens is 3. The molecule has 2 aromatic heterocycles. The fourth-order valence-electron chi connectivity index (χ4n) is 7.66. The number of nitrogens with zero attached hydrogens (tertiary/aromatic N) is 6. The van der Waals surface area contributed by atoms with Crippen molar-refractivity contribution in [1.82, 2.24) is 24.3 Å². The van der Waals surface area contributed by atoms with E-state index in [1.807, 2.05) is 46.8 Å². The van der Waals surface area contributed by atoms with Gasteiger partial charge < -0.3 is 30.3 Å². The minimum atomic E-state index is -4.69. The highest BCUT2D eigenvalue weighted by molar-refractivity contribution is 6.33. The molecule has 50 heavy (non-hydrogen) atoms. The van der Waals surface area contributed by atoms with Crippen LogP contribution in [-0.4, -0.2) is 75.0 Å². The van der Waals surface area contributed by atoms with E-state index in [4.69, 9.17) is 22.3 Å². The third-order valence-electron chi connectivity index (χ3n) is 10.4. The summed E-state index contributed by atoms with van der Waals surface area (Å²) in [4.78, 5) is 42.5. The summed E-state index contributed by atoms with van der Waals surface area (Å²) >= 11 is 6.22. The van der Waals surface area contributed by atoms with E-state index in [1.165, 1.54) is 6.07 Å². The van der Waals surface area contributed by atoms with E-state index in [2.05, 4.69) is 15.2 Å². The zero-order chi connectivity index (χ0) is 35.2. The molecule has 14 heteroatoms. The number of anilines is 3. The molecule has 2 aromatic carbocycles. The Bertz CT molecular complexity index is 1920. The van der Waals surface area contributed by atoms with Gasteiger partial charge in [0.1, 0.15) is 17.2 Å². The number of alkyl halides is 3. The van der Waals surface area contributed by atoms with Gasteiger partial charge in [0.25, 0.3) is 0 Å². The Morgan fingerprint density at radius 2 is 1.82 bits per heavy atom. The van der Waals surface area contributed by atoms with Crippen LogP contribution in [0.15, 0.2) is 48.7 Å². The van der Waals surface area contributed by atoms with Gasteiger partial charge in [-0.15, -0.1) is 0 Å². The number of imidazole rings is 1. The molecule has 5 heterocycles. The normalized spacial score (nSPS) is 17.9. The van der Waals surface area contributed by atoms with Gasteiger partial charge in [-0.2, -0.15) is 13.2 Å². The van der Waals surface area contributed by atoms with Gasteiger partial charge in [-0.05, 0) is 67.9 Å². The van der Waals surface area contributed by atoms with Gasteiger partial charge in [-0.1, -0.05) is 29.8 Å². The van der Waals surface area contributed by atoms with Crippen molar-refractivity contribution >= 4 is 51.8 Å². The SMILES string of the molecule is Cn1c(C(CC(=O)N2CCC(N3CCc4ccccc4NC3=O)CC2)Cc2cc(Cl)c(N)c(C(F)(F)F)c2)nc2cnc(N3CCCC3)cc21. The van der Waals surface area contributed by atoms with E-state index in [1.54, 1.807) is 11.1 Å². The summed E-state index contributed by atoms with van der Waals surface area (Å²) in [5.41, 5.74) is 7.92. The fourth-order valence-corrected chi connectivity index (χ4v) is 7.90. The molecular weight excluding hydrogens is 669 g/mol. The molecule has 2 fully saturated rings. The summed E-state index contributed by atoms with van der Waals surface area (Å²) in [7, 11) is 1.86. The zero-order valence-electron chi connectivity index (χ0n) is 27.8. The van der Waals surface area contributed by atoms with E-state index < -0.39 is 23.3 Å². The van der Waals surface area contributed by atoms with Crippen molar-refractivity contribution in [2.24, 2.45) is 7.05 Å². The summed E-state index contributed by atoms with van der Waals surface area (Å²) < 4.78 is 43.7. The quantitative estimate of drug-likeness (QED) is 0.209. The lowest BCUT2D eigenvalue weighted by molar-refractivity contribution is -0.137. The Morgan fingerprint density at radius 1 is 1.08 bits per heavy atom. The Morgan fingerprint density at radius 3 is 2.56 bits per heavy atom. The average Bonchev–Trinajstić information content (AvgIpc) is 3.71. The topological polar surface area (TPSA) is 113 Å². The standard InChI is InChI=1S/C36H40ClF3N8O2/c1-45-30-20-31(46-11-4-5-12-46)42-21-29(30)43-34(45)24(16-22-17-26(36(38,39)40)33(41)27(37)18-22)19-32(49)47-13-9-25(10-14-47)48-15-8-23-6-2-3-7-28(23)44-35(48)50/h2-3,6-7,17-18,20-21,24-25H,4-5,8-16,19,41H2,1H3,(H,44,50). The molecule has 3 aliphatic heterocycles. The lowest BCUT2D eigenvalue weighted by Gasteiger charge is -2.38. The van der Waals surface area contributed by atoms with Gasteiger partial charge in [0.05, 0.1) is 28.0 Å². The highest BCUT2D eigenvalue weighted by Crippen LogP contribution is 2.39. The second-order valence-electron chi connectivity index (χ2n) is 13.5. The molecule has 1 unspecified atom stereocenters. The number of hydrogen-bond acceptors (Lipinski definition) is 6. The number of piperidine rings is 1. The number of hydrogen-bond donors (Lipinski definition) is 2. The number of carbonyl (C=O) groups is 2. The maximum absolute atomic E-state index is 14.0. The number of para-hydroxylation sites is 1. The molecule has 0 aliphatic carbocycles. The average molecular weight is 709 g/mol. The number of benzene rings is 2. The number of nitrogen functional groups attached to an aromatic ring is 1. The van der Waals surface area contributed by atoms with Crippen molar-refractivity contribution in [1.29, 1.82) is 0 Å². The Kier molecular flexibility index (Phi) is 9.27. The summed E-state index contributed by atoms with van der Waals surface area (Å²) in [6.45, 7) is 3.36. The first-order valence-corrected chi connectivity index (χ1v) is 17.5. The van der Waals surface area contributed by atoms with Crippen LogP contribution in [0.4, 0.5) is 35.2 Å². The molecule has 3 aliphatic rings. The zero-order valence-corrected chi connectivity index (χ0v) is 28.6. The highest BCUT2D eigenvalue weighted by Gasteiger charge is 2.36. The first-order valence-electron chi connectivity index (χ1n) is 17.1. The van der Waals surface area contributed by atoms with Crippen LogP contribution in [0.5, 0.6) is 0 Å². The number of halogens is 4. The Hall–Kier alpha value is -4.52. The molecule has 3 N–H and O–H groups in total. The van der Waals surface area contributed by atoms with Crippen molar-refractivity contribution in [3.63, 3.8) is 0 Å². The van der Waals surface area contributed by atoms with Crippen LogP contribution in [0, 0.1) is 0 Å². The maximum Gasteiger partial charge on any atom is 0.418 e. The molecule has 2 saturated heterocycles. The first kappa shape index (κ1) is 34.0. The minimum Gasteiger partial charge on any atom is -0.397 e. The number of likely N-dealkylation sites (tertiary alicyclic amines) is 1. The molecule has 0 bridgehead atoms. The lowest BCUT2D eigenvalue weighted by Crippen LogP contribution is -2.50. The summed E-state index contributed by atoms with van der Waals surface area (Å²) in [5, 5.41) is 2.84. The number of aryl methyl sites for hydroxylation is 1. The predicted molar refractivity (Wildman–Crippen MR) is 187 cm³/mol. The van der Waals surface area contributed by atoms with Crippen LogP contribution < -0.4 is 16.0 Å². The van der Waals surface area contributed by atoms with Crippen molar-refractivity contribution in [2.75, 3.05) is 48.7 Å². The monoisotopic (exact) mass is 708 g/mol. The number of urea groups is 1. The second kappa shape index (κ2) is 13.7.